The van der Waals surface area contributed by atoms with Crippen molar-refractivity contribution in [3.05, 3.63) is 36.2 Å². The van der Waals surface area contributed by atoms with Crippen LogP contribution in [-0.2, 0) is 0 Å². The molecule has 15 heavy (non-hydrogen) atoms. The van der Waals surface area contributed by atoms with Gasteiger partial charge in [-0.15, -0.1) is 0 Å². The molecule has 1 fully saturated rings. The summed E-state index contributed by atoms with van der Waals surface area (Å²) < 4.78 is 0. The lowest BCUT2D eigenvalue weighted by Crippen LogP contribution is -2.10. The third kappa shape index (κ3) is 1.54. The van der Waals surface area contributed by atoms with E-state index in [0.29, 0.717) is 5.92 Å². The van der Waals surface area contributed by atoms with Gasteiger partial charge in [0.1, 0.15) is 5.82 Å². The molecule has 3 nitrogen and oxygen atoms in total. The maximum atomic E-state index is 4.54. The Bertz CT molecular complexity index is 443. The van der Waals surface area contributed by atoms with Crippen molar-refractivity contribution >= 4 is 0 Å². The normalized spacial score (nSPS) is 16.3. The third-order valence-corrected chi connectivity index (χ3v) is 3.03. The molecule has 1 aliphatic carbocycles. The minimum Gasteiger partial charge on any atom is -0.262 e. The molecule has 76 valence electrons. The van der Waals surface area contributed by atoms with Crippen molar-refractivity contribution in [3.63, 3.8) is 0 Å². The number of hydrogen-bond acceptors (Lipinski definition) is 2. The average molecular weight is 199 g/mol. The van der Waals surface area contributed by atoms with Crippen molar-refractivity contribution in [2.45, 2.75) is 25.2 Å². The first kappa shape index (κ1) is 8.65. The van der Waals surface area contributed by atoms with Gasteiger partial charge in [-0.25, -0.2) is 4.98 Å². The fourth-order valence-electron chi connectivity index (χ4n) is 1.85. The molecule has 3 rings (SSSR count). The fourth-order valence-corrected chi connectivity index (χ4v) is 1.85. The van der Waals surface area contributed by atoms with Gasteiger partial charge in [0.05, 0.1) is 0 Å². The van der Waals surface area contributed by atoms with Crippen LogP contribution in [0.4, 0.5) is 0 Å². The first-order valence-electron chi connectivity index (χ1n) is 5.41. The Morgan fingerprint density at radius 2 is 1.93 bits per heavy atom. The highest BCUT2D eigenvalue weighted by atomic mass is 15.2. The summed E-state index contributed by atoms with van der Waals surface area (Å²) in [7, 11) is 0. The Kier molecular flexibility index (Phi) is 2.02. The molecule has 0 aliphatic heterocycles. The Balaban J connectivity index is 1.90. The maximum absolute atomic E-state index is 4.54. The highest BCUT2D eigenvalue weighted by Crippen LogP contribution is 2.34. The molecule has 1 aliphatic rings. The van der Waals surface area contributed by atoms with Crippen LogP contribution in [0.3, 0.4) is 0 Å². The summed E-state index contributed by atoms with van der Waals surface area (Å²) in [6, 6.07) is 10.1. The number of nitrogens with zero attached hydrogens (tertiary/aromatic N) is 2. The standard InChI is InChI=1S/C12H13N3/c1-2-5-9(6-3-1)11-13-12(15-14-11)10-7-4-8-10/h1-3,5-6,10H,4,7-8H2,(H,13,14,15). The first-order valence-corrected chi connectivity index (χ1v) is 5.41. The lowest BCUT2D eigenvalue weighted by Gasteiger charge is -2.22. The van der Waals surface area contributed by atoms with Gasteiger partial charge >= 0.3 is 0 Å². The molecule has 0 radical (unpaired) electrons. The molecule has 1 saturated carbocycles. The molecule has 0 unspecified atom stereocenters. The molecule has 2 aromatic rings. The van der Waals surface area contributed by atoms with Gasteiger partial charge in [-0.1, -0.05) is 36.8 Å². The van der Waals surface area contributed by atoms with Crippen molar-refractivity contribution < 1.29 is 0 Å². The lowest BCUT2D eigenvalue weighted by atomic mass is 9.85. The van der Waals surface area contributed by atoms with Crippen LogP contribution in [0.15, 0.2) is 30.3 Å². The zero-order valence-corrected chi connectivity index (χ0v) is 8.48. The van der Waals surface area contributed by atoms with Crippen LogP contribution < -0.4 is 0 Å². The Morgan fingerprint density at radius 1 is 1.13 bits per heavy atom. The van der Waals surface area contributed by atoms with Crippen molar-refractivity contribution in [2.75, 3.05) is 0 Å². The van der Waals surface area contributed by atoms with E-state index in [1.165, 1.54) is 19.3 Å². The first-order chi connectivity index (χ1) is 7.43. The van der Waals surface area contributed by atoms with Crippen LogP contribution in [0.1, 0.15) is 31.0 Å². The Morgan fingerprint density at radius 3 is 2.60 bits per heavy atom. The number of H-pyrrole nitrogens is 1. The molecule has 3 heteroatoms. The van der Waals surface area contributed by atoms with E-state index in [1.807, 2.05) is 30.3 Å². The van der Waals surface area contributed by atoms with Crippen LogP contribution in [0.5, 0.6) is 0 Å². The minimum atomic E-state index is 0.620. The summed E-state index contributed by atoms with van der Waals surface area (Å²) in [5.41, 5.74) is 1.08. The second kappa shape index (κ2) is 3.50. The van der Waals surface area contributed by atoms with E-state index in [-0.39, 0.29) is 0 Å². The van der Waals surface area contributed by atoms with Gasteiger partial charge in [0, 0.05) is 11.5 Å². The van der Waals surface area contributed by atoms with Gasteiger partial charge in [0.15, 0.2) is 5.82 Å². The summed E-state index contributed by atoms with van der Waals surface area (Å²) >= 11 is 0. The average Bonchev–Trinajstić information content (AvgIpc) is 2.66. The molecule has 1 aromatic heterocycles. The monoisotopic (exact) mass is 199 g/mol. The number of aromatic nitrogens is 3. The minimum absolute atomic E-state index is 0.620. The summed E-state index contributed by atoms with van der Waals surface area (Å²) in [6.07, 6.45) is 3.83. The fraction of sp³-hybridized carbons (Fsp3) is 0.333. The molecule has 1 aromatic carbocycles. The molecule has 0 atom stereocenters. The molecule has 1 N–H and O–H groups in total. The lowest BCUT2D eigenvalue weighted by molar-refractivity contribution is 0.402. The van der Waals surface area contributed by atoms with E-state index in [9.17, 15) is 0 Å². The molecule has 0 amide bonds. The Labute approximate surface area is 88.6 Å². The molecule has 0 bridgehead atoms. The highest BCUT2D eigenvalue weighted by Gasteiger charge is 2.22. The van der Waals surface area contributed by atoms with Crippen molar-refractivity contribution in [1.82, 2.24) is 15.2 Å². The smallest absolute Gasteiger partial charge is 0.181 e. The molecule has 0 saturated heterocycles. The molecular weight excluding hydrogens is 186 g/mol. The van der Waals surface area contributed by atoms with E-state index in [4.69, 9.17) is 0 Å². The largest absolute Gasteiger partial charge is 0.262 e. The van der Waals surface area contributed by atoms with E-state index in [2.05, 4.69) is 15.2 Å². The van der Waals surface area contributed by atoms with Crippen molar-refractivity contribution in [1.29, 1.82) is 0 Å². The Hall–Kier alpha value is -1.64. The van der Waals surface area contributed by atoms with Crippen LogP contribution in [-0.4, -0.2) is 15.2 Å². The number of nitrogens with one attached hydrogen (secondary N) is 1. The van der Waals surface area contributed by atoms with Gasteiger partial charge in [-0.3, -0.25) is 5.10 Å². The van der Waals surface area contributed by atoms with Gasteiger partial charge in [0.2, 0.25) is 0 Å². The van der Waals surface area contributed by atoms with Crippen LogP contribution in [0.25, 0.3) is 11.4 Å². The van der Waals surface area contributed by atoms with Crippen molar-refractivity contribution in [3.8, 4) is 11.4 Å². The molecule has 0 spiro atoms. The molecule has 1 heterocycles. The van der Waals surface area contributed by atoms with E-state index in [1.54, 1.807) is 0 Å². The topological polar surface area (TPSA) is 41.6 Å². The quantitative estimate of drug-likeness (QED) is 0.808. The van der Waals surface area contributed by atoms with E-state index < -0.39 is 0 Å². The van der Waals surface area contributed by atoms with Crippen molar-refractivity contribution in [2.24, 2.45) is 0 Å². The van der Waals surface area contributed by atoms with Gasteiger partial charge in [0.25, 0.3) is 0 Å². The predicted molar refractivity (Wildman–Crippen MR) is 58.4 cm³/mol. The second-order valence-corrected chi connectivity index (χ2v) is 4.04. The second-order valence-electron chi connectivity index (χ2n) is 4.04. The van der Waals surface area contributed by atoms with E-state index in [0.717, 1.165) is 17.2 Å². The van der Waals surface area contributed by atoms with Crippen LogP contribution in [0.2, 0.25) is 0 Å². The summed E-state index contributed by atoms with van der Waals surface area (Å²) in [5, 5.41) is 7.30. The zero-order valence-electron chi connectivity index (χ0n) is 8.48. The number of benzene rings is 1. The summed E-state index contributed by atoms with van der Waals surface area (Å²) in [4.78, 5) is 4.54. The number of hydrogen-bond donors (Lipinski definition) is 1. The zero-order chi connectivity index (χ0) is 10.1. The third-order valence-electron chi connectivity index (χ3n) is 3.03. The maximum Gasteiger partial charge on any atom is 0.181 e. The highest BCUT2D eigenvalue weighted by molar-refractivity contribution is 5.53. The number of aromatic amines is 1. The van der Waals surface area contributed by atoms with Crippen LogP contribution >= 0.6 is 0 Å². The number of rotatable bonds is 2. The van der Waals surface area contributed by atoms with Gasteiger partial charge < -0.3 is 0 Å². The predicted octanol–water partition coefficient (Wildman–Crippen LogP) is 2.74. The summed E-state index contributed by atoms with van der Waals surface area (Å²) in [6.45, 7) is 0. The van der Waals surface area contributed by atoms with Gasteiger partial charge in [-0.2, -0.15) is 5.10 Å². The molecular formula is C12H13N3. The van der Waals surface area contributed by atoms with E-state index >= 15 is 0 Å². The van der Waals surface area contributed by atoms with Gasteiger partial charge in [-0.05, 0) is 12.8 Å². The van der Waals surface area contributed by atoms with Crippen LogP contribution in [0, 0.1) is 0 Å². The summed E-state index contributed by atoms with van der Waals surface area (Å²) in [5.74, 6) is 2.49. The SMILES string of the molecule is c1ccc(-c2n[nH]c(C3CCC3)n2)cc1.